The molecule has 94 valence electrons. The van der Waals surface area contributed by atoms with Crippen LogP contribution in [0.1, 0.15) is 18.9 Å². The van der Waals surface area contributed by atoms with E-state index >= 15 is 0 Å². The van der Waals surface area contributed by atoms with Gasteiger partial charge in [0.15, 0.2) is 11.5 Å². The van der Waals surface area contributed by atoms with Crippen molar-refractivity contribution < 1.29 is 5.11 Å². The van der Waals surface area contributed by atoms with E-state index in [-0.39, 0.29) is 18.6 Å². The van der Waals surface area contributed by atoms with Crippen molar-refractivity contribution in [2.75, 3.05) is 12.3 Å². The highest BCUT2D eigenvalue weighted by Gasteiger charge is 2.19. The van der Waals surface area contributed by atoms with Crippen LogP contribution in [-0.4, -0.2) is 31.2 Å². The lowest BCUT2D eigenvalue weighted by molar-refractivity contribution is 0.235. The summed E-state index contributed by atoms with van der Waals surface area (Å²) in [5, 5.41) is 9.11. The zero-order valence-electron chi connectivity index (χ0n) is 9.90. The standard InChI is InChI=1S/C12H15N5O/c13-11-10-12(15-6-14-11)17(7-16-10)9-3-1-8(5-18)2-4-9/h1,3,6-9,18H,2,4-5H2,(H2,13,14,15). The van der Waals surface area contributed by atoms with Crippen molar-refractivity contribution in [2.24, 2.45) is 5.92 Å². The monoisotopic (exact) mass is 245 g/mol. The summed E-state index contributed by atoms with van der Waals surface area (Å²) in [5.74, 6) is 0.683. The van der Waals surface area contributed by atoms with Crippen LogP contribution in [0.5, 0.6) is 0 Å². The second-order valence-electron chi connectivity index (χ2n) is 4.56. The quantitative estimate of drug-likeness (QED) is 0.767. The first-order valence-electron chi connectivity index (χ1n) is 6.02. The Morgan fingerprint density at radius 2 is 2.17 bits per heavy atom. The largest absolute Gasteiger partial charge is 0.396 e. The predicted molar refractivity (Wildman–Crippen MR) is 67.7 cm³/mol. The first-order valence-corrected chi connectivity index (χ1v) is 6.02. The Bertz CT molecular complexity index is 591. The van der Waals surface area contributed by atoms with E-state index in [9.17, 15) is 0 Å². The van der Waals surface area contributed by atoms with Crippen molar-refractivity contribution in [3.05, 3.63) is 24.8 Å². The highest BCUT2D eigenvalue weighted by atomic mass is 16.3. The molecule has 0 aromatic carbocycles. The van der Waals surface area contributed by atoms with Gasteiger partial charge in [0, 0.05) is 12.5 Å². The van der Waals surface area contributed by atoms with Gasteiger partial charge in [0.25, 0.3) is 0 Å². The van der Waals surface area contributed by atoms with Crippen LogP contribution in [0.3, 0.4) is 0 Å². The van der Waals surface area contributed by atoms with E-state index in [1.165, 1.54) is 6.33 Å². The first kappa shape index (κ1) is 11.2. The Balaban J connectivity index is 1.98. The minimum absolute atomic E-state index is 0.211. The molecule has 0 bridgehead atoms. The maximum atomic E-state index is 9.11. The molecular formula is C12H15N5O. The van der Waals surface area contributed by atoms with Crippen molar-refractivity contribution in [1.82, 2.24) is 19.5 Å². The van der Waals surface area contributed by atoms with Crippen molar-refractivity contribution in [3.8, 4) is 0 Å². The van der Waals surface area contributed by atoms with Gasteiger partial charge in [0.05, 0.1) is 12.4 Å². The molecule has 6 heteroatoms. The van der Waals surface area contributed by atoms with E-state index in [1.807, 2.05) is 4.57 Å². The molecule has 0 spiro atoms. The van der Waals surface area contributed by atoms with Crippen molar-refractivity contribution in [1.29, 1.82) is 0 Å². The number of hydrogen-bond acceptors (Lipinski definition) is 5. The molecule has 2 aromatic heterocycles. The second-order valence-corrected chi connectivity index (χ2v) is 4.56. The summed E-state index contributed by atoms with van der Waals surface area (Å²) in [6.45, 7) is 0.211. The smallest absolute Gasteiger partial charge is 0.165 e. The topological polar surface area (TPSA) is 89.9 Å². The number of aliphatic hydroxyl groups is 1. The molecule has 2 aromatic rings. The summed E-state index contributed by atoms with van der Waals surface area (Å²) in [6.07, 6.45) is 9.31. The molecule has 2 atom stereocenters. The average Bonchev–Trinajstić information content (AvgIpc) is 2.84. The van der Waals surface area contributed by atoms with Crippen molar-refractivity contribution in [2.45, 2.75) is 18.9 Å². The van der Waals surface area contributed by atoms with Crippen LogP contribution in [0.4, 0.5) is 5.82 Å². The molecule has 0 aliphatic heterocycles. The lowest BCUT2D eigenvalue weighted by atomic mass is 9.93. The van der Waals surface area contributed by atoms with Crippen LogP contribution >= 0.6 is 0 Å². The van der Waals surface area contributed by atoms with Gasteiger partial charge in [-0.2, -0.15) is 0 Å². The molecule has 2 heterocycles. The van der Waals surface area contributed by atoms with Crippen LogP contribution in [0.15, 0.2) is 24.8 Å². The zero-order valence-corrected chi connectivity index (χ0v) is 9.90. The average molecular weight is 245 g/mol. The highest BCUT2D eigenvalue weighted by molar-refractivity contribution is 5.81. The Hall–Kier alpha value is -1.95. The van der Waals surface area contributed by atoms with Gasteiger partial charge in [-0.25, -0.2) is 15.0 Å². The summed E-state index contributed by atoms with van der Waals surface area (Å²) in [6, 6.07) is 0.229. The number of imidazole rings is 1. The number of nitrogens with two attached hydrogens (primary N) is 1. The lowest BCUT2D eigenvalue weighted by Gasteiger charge is -2.22. The number of fused-ring (bicyclic) bond motifs is 1. The molecule has 6 nitrogen and oxygen atoms in total. The van der Waals surface area contributed by atoms with Crippen molar-refractivity contribution >= 4 is 17.0 Å². The minimum atomic E-state index is 0.211. The molecule has 2 unspecified atom stereocenters. The number of aromatic nitrogens is 4. The predicted octanol–water partition coefficient (Wildman–Crippen LogP) is 0.908. The number of nitrogen functional groups attached to an aromatic ring is 1. The fraction of sp³-hybridized carbons (Fsp3) is 0.417. The zero-order chi connectivity index (χ0) is 12.5. The van der Waals surface area contributed by atoms with E-state index in [1.54, 1.807) is 6.33 Å². The third-order valence-electron chi connectivity index (χ3n) is 3.42. The Kier molecular flexibility index (Phi) is 2.71. The first-order chi connectivity index (χ1) is 8.79. The highest BCUT2D eigenvalue weighted by Crippen LogP contribution is 2.28. The van der Waals surface area contributed by atoms with Gasteiger partial charge in [0.2, 0.25) is 0 Å². The molecule has 0 radical (unpaired) electrons. The summed E-state index contributed by atoms with van der Waals surface area (Å²) < 4.78 is 2.01. The van der Waals surface area contributed by atoms with Gasteiger partial charge in [-0.15, -0.1) is 0 Å². The molecule has 1 aliphatic rings. The molecule has 0 saturated heterocycles. The van der Waals surface area contributed by atoms with Gasteiger partial charge in [-0.1, -0.05) is 12.2 Å². The minimum Gasteiger partial charge on any atom is -0.396 e. The molecular weight excluding hydrogens is 230 g/mol. The number of aliphatic hydroxyl groups excluding tert-OH is 1. The number of nitrogens with zero attached hydrogens (tertiary/aromatic N) is 4. The molecule has 3 rings (SSSR count). The van der Waals surface area contributed by atoms with E-state index in [4.69, 9.17) is 10.8 Å². The van der Waals surface area contributed by atoms with Crippen LogP contribution in [0.25, 0.3) is 11.2 Å². The fourth-order valence-corrected chi connectivity index (χ4v) is 2.36. The summed E-state index contributed by atoms with van der Waals surface area (Å²) in [4.78, 5) is 12.4. The SMILES string of the molecule is Nc1ncnc2c1ncn2C1C=CC(CO)CC1. The number of allylic oxidation sites excluding steroid dienone is 1. The normalized spacial score (nSPS) is 23.6. The van der Waals surface area contributed by atoms with E-state index in [0.29, 0.717) is 11.3 Å². The molecule has 0 amide bonds. The molecule has 3 N–H and O–H groups in total. The van der Waals surface area contributed by atoms with E-state index in [2.05, 4.69) is 27.1 Å². The van der Waals surface area contributed by atoms with Crippen LogP contribution in [0.2, 0.25) is 0 Å². The lowest BCUT2D eigenvalue weighted by Crippen LogP contribution is -2.15. The third-order valence-corrected chi connectivity index (χ3v) is 3.42. The van der Waals surface area contributed by atoms with Gasteiger partial charge >= 0.3 is 0 Å². The van der Waals surface area contributed by atoms with Gasteiger partial charge < -0.3 is 15.4 Å². The Labute approximate surface area is 104 Å². The van der Waals surface area contributed by atoms with E-state index < -0.39 is 0 Å². The van der Waals surface area contributed by atoms with Crippen LogP contribution in [-0.2, 0) is 0 Å². The summed E-state index contributed by atoms with van der Waals surface area (Å²) in [7, 11) is 0. The Morgan fingerprint density at radius 3 is 2.89 bits per heavy atom. The van der Waals surface area contributed by atoms with Gasteiger partial charge in [-0.3, -0.25) is 0 Å². The molecule has 18 heavy (non-hydrogen) atoms. The number of rotatable bonds is 2. The van der Waals surface area contributed by atoms with Crippen molar-refractivity contribution in [3.63, 3.8) is 0 Å². The van der Waals surface area contributed by atoms with Crippen LogP contribution in [0, 0.1) is 5.92 Å². The second kappa shape index (κ2) is 4.38. The van der Waals surface area contributed by atoms with Gasteiger partial charge in [-0.05, 0) is 12.8 Å². The maximum Gasteiger partial charge on any atom is 0.165 e. The maximum absolute atomic E-state index is 9.11. The number of hydrogen-bond donors (Lipinski definition) is 2. The molecule has 0 saturated carbocycles. The molecule has 0 fully saturated rings. The van der Waals surface area contributed by atoms with Crippen LogP contribution < -0.4 is 5.73 Å². The molecule has 1 aliphatic carbocycles. The fourth-order valence-electron chi connectivity index (χ4n) is 2.36. The third kappa shape index (κ3) is 1.74. The summed E-state index contributed by atoms with van der Waals surface area (Å²) >= 11 is 0. The number of anilines is 1. The van der Waals surface area contributed by atoms with E-state index in [0.717, 1.165) is 18.5 Å². The van der Waals surface area contributed by atoms with Gasteiger partial charge in [0.1, 0.15) is 11.8 Å². The Morgan fingerprint density at radius 1 is 1.28 bits per heavy atom. The summed E-state index contributed by atoms with van der Waals surface area (Å²) in [5.41, 5.74) is 7.18.